The highest BCUT2D eigenvalue weighted by Crippen LogP contribution is 2.35. The Bertz CT molecular complexity index is 771. The van der Waals surface area contributed by atoms with E-state index in [4.69, 9.17) is 26.4 Å². The van der Waals surface area contributed by atoms with E-state index < -0.39 is 36.9 Å². The smallest absolute Gasteiger partial charge is 0.167 e. The van der Waals surface area contributed by atoms with Gasteiger partial charge in [-0.2, -0.15) is 0 Å². The molecule has 0 aliphatic carbocycles. The van der Waals surface area contributed by atoms with Crippen molar-refractivity contribution in [2.24, 2.45) is 11.7 Å². The third-order valence-electron chi connectivity index (χ3n) is 5.01. The van der Waals surface area contributed by atoms with Crippen LogP contribution in [-0.4, -0.2) is 70.6 Å². The van der Waals surface area contributed by atoms with E-state index in [0.29, 0.717) is 30.4 Å². The number of hydrogen-bond donors (Lipinski definition) is 6. The van der Waals surface area contributed by atoms with Crippen molar-refractivity contribution in [2.75, 3.05) is 5.73 Å². The monoisotopic (exact) mass is 382 g/mol. The fourth-order valence-corrected chi connectivity index (χ4v) is 3.35. The number of rotatable bonds is 7. The first-order chi connectivity index (χ1) is 12.8. The van der Waals surface area contributed by atoms with Crippen LogP contribution in [-0.2, 0) is 4.74 Å². The summed E-state index contributed by atoms with van der Waals surface area (Å²) in [6, 6.07) is -0.720. The van der Waals surface area contributed by atoms with Crippen LogP contribution in [0.25, 0.3) is 11.2 Å². The fourth-order valence-electron chi connectivity index (χ4n) is 3.35. The predicted octanol–water partition coefficient (Wildman–Crippen LogP) is -1.53. The molecule has 1 saturated heterocycles. The van der Waals surface area contributed by atoms with Gasteiger partial charge in [-0.25, -0.2) is 15.0 Å². The van der Waals surface area contributed by atoms with Crippen LogP contribution in [0.5, 0.6) is 0 Å². The number of fused-ring (bicyclic) bond motifs is 1. The molecule has 6 atom stereocenters. The summed E-state index contributed by atoms with van der Waals surface area (Å²) >= 11 is 0. The standard InChI is InChI=1S/C16H26N6O5/c1-7(2-3-8(17)16(25)26)4-9-11(23)12(24)15(27-9)22-6-21-10-13(18)19-5-20-14(10)22/h5-9,11-12,15-16,23-26H,2-4,17H2,1H3,(H2,18,19,20). The molecule has 150 valence electrons. The van der Waals surface area contributed by atoms with Gasteiger partial charge in [0.15, 0.2) is 24.0 Å². The number of aliphatic hydroxyl groups is 4. The summed E-state index contributed by atoms with van der Waals surface area (Å²) in [5.41, 5.74) is 12.2. The molecule has 11 heteroatoms. The lowest BCUT2D eigenvalue weighted by Crippen LogP contribution is -2.35. The van der Waals surface area contributed by atoms with Crippen molar-refractivity contribution in [3.8, 4) is 0 Å². The molecule has 1 aliphatic heterocycles. The third kappa shape index (κ3) is 4.03. The van der Waals surface area contributed by atoms with Crippen molar-refractivity contribution in [2.45, 2.75) is 63.1 Å². The Morgan fingerprint density at radius 1 is 1.19 bits per heavy atom. The number of anilines is 1. The number of ether oxygens (including phenoxy) is 1. The highest BCUT2D eigenvalue weighted by atomic mass is 16.6. The average molecular weight is 382 g/mol. The van der Waals surface area contributed by atoms with Crippen LogP contribution in [0.2, 0.25) is 0 Å². The second-order valence-corrected chi connectivity index (χ2v) is 7.12. The van der Waals surface area contributed by atoms with Crippen LogP contribution in [0.4, 0.5) is 5.82 Å². The first kappa shape index (κ1) is 19.9. The summed E-state index contributed by atoms with van der Waals surface area (Å²) < 4.78 is 7.43. The normalized spacial score (nSPS) is 28.1. The van der Waals surface area contributed by atoms with Crippen molar-refractivity contribution in [1.82, 2.24) is 19.5 Å². The molecule has 0 bridgehead atoms. The van der Waals surface area contributed by atoms with Crippen molar-refractivity contribution in [1.29, 1.82) is 0 Å². The van der Waals surface area contributed by atoms with Gasteiger partial charge in [-0.05, 0) is 25.2 Å². The molecule has 0 radical (unpaired) electrons. The maximum atomic E-state index is 10.4. The third-order valence-corrected chi connectivity index (χ3v) is 5.01. The molecule has 2 aromatic heterocycles. The van der Waals surface area contributed by atoms with E-state index in [1.54, 1.807) is 0 Å². The second-order valence-electron chi connectivity index (χ2n) is 7.12. The van der Waals surface area contributed by atoms with Gasteiger partial charge in [0.2, 0.25) is 0 Å². The van der Waals surface area contributed by atoms with Gasteiger partial charge in [0.1, 0.15) is 24.1 Å². The van der Waals surface area contributed by atoms with E-state index in [0.717, 1.165) is 0 Å². The van der Waals surface area contributed by atoms with Gasteiger partial charge in [-0.1, -0.05) is 6.92 Å². The molecule has 1 fully saturated rings. The van der Waals surface area contributed by atoms with Gasteiger partial charge >= 0.3 is 0 Å². The van der Waals surface area contributed by atoms with Gasteiger partial charge in [0.05, 0.1) is 18.5 Å². The molecule has 3 rings (SSSR count). The van der Waals surface area contributed by atoms with Gasteiger partial charge in [-0.15, -0.1) is 0 Å². The van der Waals surface area contributed by atoms with E-state index >= 15 is 0 Å². The van der Waals surface area contributed by atoms with Crippen molar-refractivity contribution >= 4 is 17.0 Å². The Morgan fingerprint density at radius 3 is 2.63 bits per heavy atom. The summed E-state index contributed by atoms with van der Waals surface area (Å²) in [6.45, 7) is 1.95. The second kappa shape index (κ2) is 8.00. The number of aliphatic hydroxyl groups excluding tert-OH is 3. The molecule has 2 aromatic rings. The number of hydrogen-bond acceptors (Lipinski definition) is 10. The molecule has 0 aromatic carbocycles. The Labute approximate surface area is 155 Å². The largest absolute Gasteiger partial charge is 0.388 e. The van der Waals surface area contributed by atoms with Crippen LogP contribution in [0.1, 0.15) is 32.4 Å². The minimum atomic E-state index is -1.55. The zero-order valence-corrected chi connectivity index (χ0v) is 15.0. The van der Waals surface area contributed by atoms with Crippen molar-refractivity contribution < 1.29 is 25.2 Å². The lowest BCUT2D eigenvalue weighted by atomic mass is 9.93. The predicted molar refractivity (Wildman–Crippen MR) is 94.9 cm³/mol. The van der Waals surface area contributed by atoms with Crippen LogP contribution in [0.3, 0.4) is 0 Å². The fraction of sp³-hybridized carbons (Fsp3) is 0.688. The highest BCUT2D eigenvalue weighted by Gasteiger charge is 2.44. The summed E-state index contributed by atoms with van der Waals surface area (Å²) in [5.74, 6) is 0.317. The lowest BCUT2D eigenvalue weighted by Gasteiger charge is -2.21. The molecule has 11 nitrogen and oxygen atoms in total. The van der Waals surface area contributed by atoms with Crippen LogP contribution < -0.4 is 11.5 Å². The number of nitrogen functional groups attached to an aromatic ring is 1. The SMILES string of the molecule is CC(CCC(N)C(O)O)CC1OC(n2cnc3c(N)ncnc32)C(O)C1O. The van der Waals surface area contributed by atoms with Crippen molar-refractivity contribution in [3.63, 3.8) is 0 Å². The van der Waals surface area contributed by atoms with Crippen LogP contribution in [0, 0.1) is 5.92 Å². The quantitative estimate of drug-likeness (QED) is 0.307. The molecular weight excluding hydrogens is 356 g/mol. The Balaban J connectivity index is 1.67. The van der Waals surface area contributed by atoms with Gasteiger partial charge in [0.25, 0.3) is 0 Å². The zero-order valence-electron chi connectivity index (χ0n) is 15.0. The summed E-state index contributed by atoms with van der Waals surface area (Å²) in [6.07, 6.45) is -0.948. The number of aromatic nitrogens is 4. The van der Waals surface area contributed by atoms with Crippen LogP contribution >= 0.6 is 0 Å². The Kier molecular flexibility index (Phi) is 5.89. The maximum Gasteiger partial charge on any atom is 0.167 e. The Morgan fingerprint density at radius 2 is 1.93 bits per heavy atom. The molecule has 0 saturated carbocycles. The minimum Gasteiger partial charge on any atom is -0.388 e. The maximum absolute atomic E-state index is 10.4. The highest BCUT2D eigenvalue weighted by molar-refractivity contribution is 5.81. The minimum absolute atomic E-state index is 0.0953. The molecule has 1 aliphatic rings. The Hall–Kier alpha value is -1.89. The summed E-state index contributed by atoms with van der Waals surface area (Å²) in [4.78, 5) is 12.2. The molecule has 0 amide bonds. The summed E-state index contributed by atoms with van der Waals surface area (Å²) in [5, 5.41) is 38.9. The molecule has 27 heavy (non-hydrogen) atoms. The lowest BCUT2D eigenvalue weighted by molar-refractivity contribution is -0.0616. The first-order valence-corrected chi connectivity index (χ1v) is 8.86. The zero-order chi connectivity index (χ0) is 19.7. The number of imidazole rings is 1. The van der Waals surface area contributed by atoms with E-state index in [1.165, 1.54) is 17.2 Å². The van der Waals surface area contributed by atoms with Gasteiger partial charge in [0, 0.05) is 0 Å². The molecule has 6 unspecified atom stereocenters. The summed E-state index contributed by atoms with van der Waals surface area (Å²) in [7, 11) is 0. The van der Waals surface area contributed by atoms with Gasteiger partial charge < -0.3 is 36.6 Å². The number of nitrogens with zero attached hydrogens (tertiary/aromatic N) is 4. The van der Waals surface area contributed by atoms with Crippen molar-refractivity contribution in [3.05, 3.63) is 12.7 Å². The van der Waals surface area contributed by atoms with E-state index in [-0.39, 0.29) is 11.7 Å². The van der Waals surface area contributed by atoms with E-state index in [1.807, 2.05) is 6.92 Å². The molecular formula is C16H26N6O5. The topological polar surface area (TPSA) is 186 Å². The average Bonchev–Trinajstić information content (AvgIpc) is 3.17. The van der Waals surface area contributed by atoms with E-state index in [9.17, 15) is 10.2 Å². The number of nitrogens with two attached hydrogens (primary N) is 2. The molecule has 8 N–H and O–H groups in total. The van der Waals surface area contributed by atoms with E-state index in [2.05, 4.69) is 15.0 Å². The first-order valence-electron chi connectivity index (χ1n) is 8.86. The molecule has 0 spiro atoms. The van der Waals surface area contributed by atoms with Gasteiger partial charge in [-0.3, -0.25) is 4.57 Å². The molecule has 3 heterocycles. The van der Waals surface area contributed by atoms with Crippen LogP contribution in [0.15, 0.2) is 12.7 Å².